The minimum atomic E-state index is -0.782. The molecule has 1 amide bonds. The summed E-state index contributed by atoms with van der Waals surface area (Å²) in [6.07, 6.45) is 16.8. The highest BCUT2D eigenvalue weighted by Gasteiger charge is 2.10. The minimum absolute atomic E-state index is 0.158. The van der Waals surface area contributed by atoms with E-state index in [1.807, 2.05) is 6.08 Å². The van der Waals surface area contributed by atoms with Crippen LogP contribution < -0.4 is 14.8 Å². The summed E-state index contributed by atoms with van der Waals surface area (Å²) in [5, 5.41) is 2.87. The first kappa shape index (κ1) is 30.5. The first-order valence-corrected chi connectivity index (χ1v) is 12.3. The first-order chi connectivity index (χ1) is 17.2. The van der Waals surface area contributed by atoms with Crippen LogP contribution >= 0.6 is 0 Å². The Kier molecular flexibility index (Phi) is 15.1. The van der Waals surface area contributed by atoms with Crippen molar-refractivity contribution >= 4 is 18.1 Å². The second-order valence-electron chi connectivity index (χ2n) is 8.62. The number of allylic oxidation sites excluding steroid dienone is 7. The van der Waals surface area contributed by atoms with E-state index in [4.69, 9.17) is 14.2 Å². The third kappa shape index (κ3) is 14.0. The number of carbonyl (C=O) groups is 2. The Morgan fingerprint density at radius 1 is 0.917 bits per heavy atom. The summed E-state index contributed by atoms with van der Waals surface area (Å²) < 4.78 is 15.2. The monoisotopic (exact) mass is 495 g/mol. The molecule has 0 unspecified atom stereocenters. The predicted octanol–water partition coefficient (Wildman–Crippen LogP) is 7.34. The van der Waals surface area contributed by atoms with Gasteiger partial charge in [0.25, 0.3) is 0 Å². The molecule has 0 saturated carbocycles. The van der Waals surface area contributed by atoms with Crippen molar-refractivity contribution in [3.05, 3.63) is 76.9 Å². The summed E-state index contributed by atoms with van der Waals surface area (Å²) in [5.74, 6) is 0.523. The lowest BCUT2D eigenvalue weighted by molar-refractivity contribution is -0.116. The van der Waals surface area contributed by atoms with Crippen LogP contribution in [0.25, 0.3) is 6.08 Å². The Balaban J connectivity index is 2.44. The molecule has 0 radical (unpaired) electrons. The number of amides is 1. The third-order valence-electron chi connectivity index (χ3n) is 5.14. The van der Waals surface area contributed by atoms with Gasteiger partial charge in [0, 0.05) is 12.6 Å². The topological polar surface area (TPSA) is 73.9 Å². The smallest absolute Gasteiger partial charge is 0.493 e. The second-order valence-corrected chi connectivity index (χ2v) is 8.62. The molecule has 0 heterocycles. The van der Waals surface area contributed by atoms with E-state index in [-0.39, 0.29) is 18.3 Å². The molecule has 1 aromatic rings. The second kappa shape index (κ2) is 17.8. The maximum absolute atomic E-state index is 12.0. The molecule has 0 atom stereocenters. The standard InChI is InChI=1S/C30H41NO5/c1-7-35-30(33)36-27-19-18-26(22-28(27)34-6)16-8-9-17-29(32)31-21-20-25(5)15-11-14-24(4)13-10-12-23(2)3/h8-9,12,14,16-20,22H,7,10-11,13,15,21H2,1-6H3,(H,31,32)/b16-8?,17-9?,24-14+,25-20+. The Labute approximate surface area is 216 Å². The summed E-state index contributed by atoms with van der Waals surface area (Å²) >= 11 is 0. The summed E-state index contributed by atoms with van der Waals surface area (Å²) in [4.78, 5) is 23.5. The molecule has 0 aromatic heterocycles. The highest BCUT2D eigenvalue weighted by atomic mass is 16.7. The van der Waals surface area contributed by atoms with Crippen LogP contribution in [0.15, 0.2) is 71.4 Å². The molecule has 6 nitrogen and oxygen atoms in total. The average Bonchev–Trinajstić information content (AvgIpc) is 2.82. The fourth-order valence-electron chi connectivity index (χ4n) is 3.14. The van der Waals surface area contributed by atoms with Crippen LogP contribution in [-0.4, -0.2) is 32.3 Å². The van der Waals surface area contributed by atoms with Crippen molar-refractivity contribution in [2.45, 2.75) is 60.3 Å². The van der Waals surface area contributed by atoms with Crippen LogP contribution in [0.5, 0.6) is 11.5 Å². The van der Waals surface area contributed by atoms with E-state index < -0.39 is 6.16 Å². The molecule has 1 N–H and O–H groups in total. The molecule has 0 spiro atoms. The fraction of sp³-hybridized carbons (Fsp3) is 0.400. The van der Waals surface area contributed by atoms with Crippen LogP contribution in [0.1, 0.15) is 65.9 Å². The van der Waals surface area contributed by atoms with Gasteiger partial charge in [-0.25, -0.2) is 4.79 Å². The van der Waals surface area contributed by atoms with Crippen LogP contribution in [0, 0.1) is 0 Å². The van der Waals surface area contributed by atoms with Gasteiger partial charge in [0.15, 0.2) is 11.5 Å². The zero-order chi connectivity index (χ0) is 26.8. The molecule has 1 rings (SSSR count). The van der Waals surface area contributed by atoms with Crippen molar-refractivity contribution in [2.24, 2.45) is 0 Å². The molecule has 0 saturated heterocycles. The van der Waals surface area contributed by atoms with Gasteiger partial charge in [0.05, 0.1) is 13.7 Å². The predicted molar refractivity (Wildman–Crippen MR) is 147 cm³/mol. The Bertz CT molecular complexity index is 995. The van der Waals surface area contributed by atoms with Gasteiger partial charge in [-0.05, 0) is 78.0 Å². The molecule has 0 aliphatic carbocycles. The van der Waals surface area contributed by atoms with Crippen LogP contribution in [0.4, 0.5) is 4.79 Å². The molecular formula is C30H41NO5. The third-order valence-corrected chi connectivity index (χ3v) is 5.14. The average molecular weight is 496 g/mol. The quantitative estimate of drug-likeness (QED) is 0.0961. The largest absolute Gasteiger partial charge is 0.513 e. The van der Waals surface area contributed by atoms with Crippen molar-refractivity contribution in [3.63, 3.8) is 0 Å². The summed E-state index contributed by atoms with van der Waals surface area (Å²) in [6, 6.07) is 5.13. The lowest BCUT2D eigenvalue weighted by atomic mass is 10.1. The number of rotatable bonds is 14. The molecule has 196 valence electrons. The molecular weight excluding hydrogens is 454 g/mol. The molecule has 6 heteroatoms. The SMILES string of the molecule is CCOC(=O)Oc1ccc(C=CC=CC(=O)NC/C=C(\C)CC/C=C(\C)CCC=C(C)C)cc1OC. The van der Waals surface area contributed by atoms with E-state index in [1.165, 1.54) is 29.9 Å². The lowest BCUT2D eigenvalue weighted by Crippen LogP contribution is -2.20. The van der Waals surface area contributed by atoms with Crippen LogP contribution in [-0.2, 0) is 9.53 Å². The summed E-state index contributed by atoms with van der Waals surface area (Å²) in [7, 11) is 1.49. The van der Waals surface area contributed by atoms with Crippen LogP contribution in [0.2, 0.25) is 0 Å². The minimum Gasteiger partial charge on any atom is -0.493 e. The maximum atomic E-state index is 12.0. The van der Waals surface area contributed by atoms with Gasteiger partial charge in [-0.15, -0.1) is 0 Å². The number of methoxy groups -OCH3 is 1. The summed E-state index contributed by atoms with van der Waals surface area (Å²) in [6.45, 7) is 11.0. The number of benzene rings is 1. The van der Waals surface area contributed by atoms with E-state index in [2.05, 4.69) is 51.2 Å². The molecule has 36 heavy (non-hydrogen) atoms. The summed E-state index contributed by atoms with van der Waals surface area (Å²) in [5.41, 5.74) is 4.88. The highest BCUT2D eigenvalue weighted by Crippen LogP contribution is 2.29. The van der Waals surface area contributed by atoms with E-state index in [1.54, 1.807) is 37.3 Å². The van der Waals surface area contributed by atoms with Crippen molar-refractivity contribution < 1.29 is 23.8 Å². The number of hydrogen-bond acceptors (Lipinski definition) is 5. The Morgan fingerprint density at radius 3 is 2.28 bits per heavy atom. The number of nitrogens with one attached hydrogen (secondary N) is 1. The zero-order valence-electron chi connectivity index (χ0n) is 22.6. The fourth-order valence-corrected chi connectivity index (χ4v) is 3.14. The van der Waals surface area contributed by atoms with Gasteiger partial charge in [-0.2, -0.15) is 0 Å². The van der Waals surface area contributed by atoms with Gasteiger partial charge >= 0.3 is 6.16 Å². The first-order valence-electron chi connectivity index (χ1n) is 12.3. The van der Waals surface area contributed by atoms with E-state index >= 15 is 0 Å². The van der Waals surface area contributed by atoms with E-state index in [0.717, 1.165) is 31.2 Å². The van der Waals surface area contributed by atoms with Gasteiger partial charge < -0.3 is 19.5 Å². The number of hydrogen-bond donors (Lipinski definition) is 1. The molecule has 1 aromatic carbocycles. The van der Waals surface area contributed by atoms with Crippen molar-refractivity contribution in [3.8, 4) is 11.5 Å². The van der Waals surface area contributed by atoms with Gasteiger partial charge in [-0.1, -0.05) is 59.2 Å². The van der Waals surface area contributed by atoms with E-state index in [0.29, 0.717) is 12.3 Å². The van der Waals surface area contributed by atoms with Crippen molar-refractivity contribution in [1.82, 2.24) is 5.32 Å². The van der Waals surface area contributed by atoms with Crippen LogP contribution in [0.3, 0.4) is 0 Å². The lowest BCUT2D eigenvalue weighted by Gasteiger charge is -2.09. The molecule has 0 aliphatic rings. The zero-order valence-corrected chi connectivity index (χ0v) is 22.6. The van der Waals surface area contributed by atoms with Crippen molar-refractivity contribution in [1.29, 1.82) is 0 Å². The van der Waals surface area contributed by atoms with E-state index in [9.17, 15) is 9.59 Å². The number of carbonyl (C=O) groups excluding carboxylic acids is 2. The maximum Gasteiger partial charge on any atom is 0.513 e. The highest BCUT2D eigenvalue weighted by molar-refractivity contribution is 5.88. The van der Waals surface area contributed by atoms with Gasteiger partial charge in [-0.3, -0.25) is 4.79 Å². The van der Waals surface area contributed by atoms with Crippen molar-refractivity contribution in [2.75, 3.05) is 20.3 Å². The molecule has 0 aliphatic heterocycles. The molecule has 0 bridgehead atoms. The normalized spacial score (nSPS) is 12.1. The molecule has 0 fully saturated rings. The number of ether oxygens (including phenoxy) is 3. The van der Waals surface area contributed by atoms with Gasteiger partial charge in [0.2, 0.25) is 5.91 Å². The Hall–Kier alpha value is -3.54. The van der Waals surface area contributed by atoms with Gasteiger partial charge in [0.1, 0.15) is 0 Å². The Morgan fingerprint density at radius 2 is 1.61 bits per heavy atom.